The van der Waals surface area contributed by atoms with Gasteiger partial charge in [0.2, 0.25) is 0 Å². The third-order valence-corrected chi connectivity index (χ3v) is 2.93. The second-order valence-electron chi connectivity index (χ2n) is 1.74. The number of nitrogens with one attached hydrogen (secondary N) is 1. The van der Waals surface area contributed by atoms with Crippen LogP contribution in [0, 0.1) is 0 Å². The summed E-state index contributed by atoms with van der Waals surface area (Å²) in [7, 11) is 2.07. The van der Waals surface area contributed by atoms with E-state index in [0.717, 1.165) is 4.13 Å². The molecule has 0 aromatic heterocycles. The summed E-state index contributed by atoms with van der Waals surface area (Å²) in [6.45, 7) is 0. The summed E-state index contributed by atoms with van der Waals surface area (Å²) in [4.78, 5) is 0. The Hall–Kier alpha value is 6.61. The average molecular weight is 809 g/mol. The summed E-state index contributed by atoms with van der Waals surface area (Å²) in [6, 6.07) is 0. The van der Waals surface area contributed by atoms with Crippen LogP contribution >= 0.6 is 32.0 Å². The molecular formula is H9Cl3F5K4N3O13S6-2. The molecule has 0 spiro atoms. The second-order valence-corrected chi connectivity index (χ2v) is 8.90. The van der Waals surface area contributed by atoms with Crippen molar-refractivity contribution in [2.75, 3.05) is 0 Å². The standard InChI is InChI=1S/Cl2HNO4S2.ClO2S.3FO2S.2FH.4K.2H3N.H2O/c1-8(4,5)3-9(2,6)7;4*1-4(2)3;;;;;;;;;/h3H;;;;;2*1H;;;;;2*1H3;1H2/q;4*-1;;;4*+1;;;/p-2. The quantitative estimate of drug-likeness (QED) is 0.101. The van der Waals surface area contributed by atoms with Crippen LogP contribution in [0.5, 0.6) is 0 Å². The van der Waals surface area contributed by atoms with Gasteiger partial charge in [-0.05, 0) is 0 Å². The second kappa shape index (κ2) is 59.1. The summed E-state index contributed by atoms with van der Waals surface area (Å²) in [6.07, 6.45) is 0. The fourth-order valence-corrected chi connectivity index (χ4v) is 2.85. The molecule has 0 heterocycles. The van der Waals surface area contributed by atoms with Gasteiger partial charge in [-0.1, -0.05) is 4.13 Å². The van der Waals surface area contributed by atoms with Crippen molar-refractivity contribution in [2.24, 2.45) is 0 Å². The van der Waals surface area contributed by atoms with E-state index in [1.54, 1.807) is 0 Å². The first kappa shape index (κ1) is 90.0. The Bertz CT molecular complexity index is 720. The van der Waals surface area contributed by atoms with Crippen LogP contribution in [0.25, 0.3) is 0 Å². The van der Waals surface area contributed by atoms with Gasteiger partial charge in [0.05, 0.1) is 33.3 Å². The van der Waals surface area contributed by atoms with E-state index in [0.29, 0.717) is 0 Å². The maximum atomic E-state index is 9.92. The molecule has 0 aliphatic heterocycles. The molecule has 0 aromatic carbocycles. The molecule has 0 rings (SSSR count). The van der Waals surface area contributed by atoms with Gasteiger partial charge in [0, 0.05) is 31.3 Å². The van der Waals surface area contributed by atoms with E-state index < -0.39 is 61.7 Å². The third-order valence-electron chi connectivity index (χ3n) is 0.199. The Morgan fingerprint density at radius 3 is 0.618 bits per heavy atom. The van der Waals surface area contributed by atoms with Gasteiger partial charge in [-0.25, -0.2) is 0 Å². The van der Waals surface area contributed by atoms with Gasteiger partial charge in [0.1, 0.15) is 0 Å². The van der Waals surface area contributed by atoms with E-state index in [4.69, 9.17) is 33.7 Å². The molecular weight excluding hydrogens is 800 g/mol. The van der Waals surface area contributed by atoms with Crippen molar-refractivity contribution in [1.29, 1.82) is 0 Å². The van der Waals surface area contributed by atoms with Gasteiger partial charge >= 0.3 is 224 Å². The summed E-state index contributed by atoms with van der Waals surface area (Å²) in [5.41, 5.74) is 0. The van der Waals surface area contributed by atoms with E-state index in [1.807, 2.05) is 0 Å². The molecule has 0 atom stereocenters. The minimum Gasteiger partial charge on any atom is -1.00 e. The van der Waals surface area contributed by atoms with Gasteiger partial charge in [0.15, 0.2) is 0 Å². The van der Waals surface area contributed by atoms with Gasteiger partial charge < -0.3 is 72.5 Å². The van der Waals surface area contributed by atoms with Crippen molar-refractivity contribution in [3.8, 4) is 0 Å². The third kappa shape index (κ3) is 344. The number of rotatable bonds is 2. The van der Waals surface area contributed by atoms with E-state index in [2.05, 4.69) is 32.0 Å². The van der Waals surface area contributed by atoms with Crippen LogP contribution in [0.2, 0.25) is 0 Å². The van der Waals surface area contributed by atoms with Crippen LogP contribution in [0.4, 0.5) is 11.7 Å². The van der Waals surface area contributed by atoms with Gasteiger partial charge in [-0.15, -0.1) is 0 Å². The molecule has 0 amide bonds. The van der Waals surface area contributed by atoms with Crippen molar-refractivity contribution >= 4 is 93.7 Å². The monoisotopic (exact) mass is 807 g/mol. The number of halogens is 8. The van der Waals surface area contributed by atoms with Crippen molar-refractivity contribution in [1.82, 2.24) is 16.4 Å². The van der Waals surface area contributed by atoms with Crippen LogP contribution in [0.15, 0.2) is 0 Å². The Labute approximate surface area is 382 Å². The van der Waals surface area contributed by atoms with Crippen molar-refractivity contribution in [2.45, 2.75) is 0 Å². The van der Waals surface area contributed by atoms with E-state index >= 15 is 0 Å². The number of hydrogen-bond donors (Lipinski definition) is 3. The van der Waals surface area contributed by atoms with Gasteiger partial charge in [-0.2, -0.15) is 27.5 Å². The molecule has 0 saturated carbocycles. The first-order chi connectivity index (χ1) is 10.6. The molecule has 0 saturated heterocycles. The largest absolute Gasteiger partial charge is 1.00 e. The molecule has 0 aromatic rings. The summed E-state index contributed by atoms with van der Waals surface area (Å²) in [5.74, 6) is 0. The summed E-state index contributed by atoms with van der Waals surface area (Å²) < 4.78 is 138. The van der Waals surface area contributed by atoms with Crippen LogP contribution in [-0.2, 0) is 95.3 Å². The maximum absolute atomic E-state index is 9.92. The summed E-state index contributed by atoms with van der Waals surface area (Å²) >= 11 is -10.1. The predicted octanol–water partition coefficient (Wildman–Crippen LogP) is -17.9. The van der Waals surface area contributed by atoms with E-state index in [9.17, 15) is 28.5 Å². The average Bonchev–Trinajstić information content (AvgIpc) is 2.04. The van der Waals surface area contributed by atoms with Crippen LogP contribution in [0.3, 0.4) is 0 Å². The first-order valence-electron chi connectivity index (χ1n) is 3.33. The molecule has 9 N–H and O–H groups in total. The number of hydrogen-bond acceptors (Lipinski definition) is 18. The van der Waals surface area contributed by atoms with Gasteiger partial charge in [0.25, 0.3) is 0 Å². The Morgan fingerprint density at radius 1 is 0.559 bits per heavy atom. The predicted molar refractivity (Wildman–Crippen MR) is 90.5 cm³/mol. The van der Waals surface area contributed by atoms with E-state index in [1.165, 1.54) is 0 Å². The fraction of sp³-hybridized carbons (Fsp3) is 0. The SMILES string of the molecule is N.N.O.O=S(=O)(Cl)NS(=O)(=O)Cl.O=[S-](=O)Cl.O=[S-](=O)F.O=[S-](=O)F.O=[S-](=O)F.[F-].[F-].[K+].[K+].[K+].[K+]. The van der Waals surface area contributed by atoms with Crippen LogP contribution < -0.4 is 231 Å². The molecule has 0 aliphatic rings. The maximum Gasteiger partial charge on any atom is 1.00 e. The Morgan fingerprint density at radius 2 is 0.618 bits per heavy atom. The van der Waals surface area contributed by atoms with E-state index in [-0.39, 0.29) is 233 Å². The molecule has 0 unspecified atom stereocenters. The zero-order valence-electron chi connectivity index (χ0n) is 16.8. The molecule has 0 fully saturated rings. The normalized spacial score (nSPS) is 7.59. The summed E-state index contributed by atoms with van der Waals surface area (Å²) in [5, 5.41) is 0. The minimum absolute atomic E-state index is 0. The topological polar surface area (TPSA) is 318 Å². The van der Waals surface area contributed by atoms with Crippen molar-refractivity contribution < 1.29 is 283 Å². The van der Waals surface area contributed by atoms with Gasteiger partial charge in [-0.3, -0.25) is 0 Å². The molecule has 0 radical (unpaired) electrons. The molecule has 0 bridgehead atoms. The first-order valence-corrected chi connectivity index (χ1v) is 12.8. The molecule has 16 nitrogen and oxygen atoms in total. The molecule has 0 aliphatic carbocycles. The van der Waals surface area contributed by atoms with Crippen molar-refractivity contribution in [3.63, 3.8) is 0 Å². The molecule has 34 heavy (non-hydrogen) atoms. The fourth-order valence-electron chi connectivity index (χ4n) is 0.119. The molecule has 200 valence electrons. The zero-order chi connectivity index (χ0) is 22.0. The zero-order valence-corrected chi connectivity index (χ0v) is 36.4. The van der Waals surface area contributed by atoms with Crippen molar-refractivity contribution in [3.05, 3.63) is 0 Å². The van der Waals surface area contributed by atoms with Crippen LogP contribution in [0.1, 0.15) is 0 Å². The molecule has 34 heteroatoms. The smallest absolute Gasteiger partial charge is 1.00 e. The minimum atomic E-state index is -4.28. The van der Waals surface area contributed by atoms with Crippen LogP contribution in [-0.4, -0.2) is 22.3 Å². The Kier molecular flexibility index (Phi) is 156. The Balaban J connectivity index is -0.0000000120.